The average Bonchev–Trinajstić information content (AvgIpc) is 1.07. The minimum absolute atomic E-state index is 0.0151. The van der Waals surface area contributed by atoms with E-state index < -0.39 is 26.5 Å². The minimum atomic E-state index is -4.42. The summed E-state index contributed by atoms with van der Waals surface area (Å²) in [5.74, 6) is -0.851. The molecule has 10 heteroatoms. The number of likely N-dealkylation sites (N-methyl/N-ethyl adjacent to an activating group) is 1. The maximum atomic E-state index is 12.9. The van der Waals surface area contributed by atoms with E-state index in [0.29, 0.717) is 17.4 Å². The summed E-state index contributed by atoms with van der Waals surface area (Å²) in [4.78, 5) is 36.0. The molecule has 0 saturated carbocycles. The molecule has 0 aromatic carbocycles. The SMILES string of the molecule is CC/C=C\C/C=C\C/C=C\C/C=C\C/C=C\C/C=C\C/C=C\C/C=C\C/C=C\C/C=C\C/C=C\C/C=C\CCCCC(=O)OC(COC(=O)CCCCCCCCCCCCCCCCCCCCCCCC/C=C\C/C=C\C/C=C\CCCCCCC)COP(=O)(O)OCC[N+](C)(C)C. The summed E-state index contributed by atoms with van der Waals surface area (Å²) in [5.41, 5.74) is 0. The van der Waals surface area contributed by atoms with Crippen LogP contribution in [0.5, 0.6) is 0 Å². The van der Waals surface area contributed by atoms with Crippen molar-refractivity contribution in [2.75, 3.05) is 47.5 Å². The molecule has 0 rings (SSSR count). The third kappa shape index (κ3) is 82.1. The highest BCUT2D eigenvalue weighted by molar-refractivity contribution is 7.47. The van der Waals surface area contributed by atoms with Crippen molar-refractivity contribution in [3.8, 4) is 0 Å². The summed E-state index contributed by atoms with van der Waals surface area (Å²) < 4.78 is 34.7. The van der Waals surface area contributed by atoms with Gasteiger partial charge < -0.3 is 18.9 Å². The Morgan fingerprint density at radius 3 is 0.870 bits per heavy atom. The van der Waals surface area contributed by atoms with E-state index >= 15 is 0 Å². The number of hydrogen-bond donors (Lipinski definition) is 1. The van der Waals surface area contributed by atoms with Crippen molar-refractivity contribution >= 4 is 19.8 Å². The van der Waals surface area contributed by atoms with Gasteiger partial charge in [0.1, 0.15) is 19.8 Å². The van der Waals surface area contributed by atoms with E-state index in [2.05, 4.69) is 196 Å². The van der Waals surface area contributed by atoms with Crippen molar-refractivity contribution in [2.24, 2.45) is 0 Å². The number of phosphoric acid groups is 1. The maximum Gasteiger partial charge on any atom is 0.472 e. The van der Waals surface area contributed by atoms with Crippen molar-refractivity contribution in [3.05, 3.63) is 182 Å². The average molecular weight is 1410 g/mol. The predicted molar refractivity (Wildman–Crippen MR) is 436 cm³/mol. The molecular weight excluding hydrogens is 1250 g/mol. The lowest BCUT2D eigenvalue weighted by atomic mass is 10.0. The topological polar surface area (TPSA) is 108 Å². The van der Waals surface area contributed by atoms with Gasteiger partial charge in [0.2, 0.25) is 0 Å². The van der Waals surface area contributed by atoms with E-state index in [-0.39, 0.29) is 32.0 Å². The number of phosphoric ester groups is 1. The van der Waals surface area contributed by atoms with Gasteiger partial charge in [-0.05, 0) is 141 Å². The number of carbonyl (C=O) groups is 2. The Labute approximate surface area is 616 Å². The molecule has 0 heterocycles. The van der Waals surface area contributed by atoms with Gasteiger partial charge in [-0.1, -0.05) is 350 Å². The molecule has 100 heavy (non-hydrogen) atoms. The molecule has 2 atom stereocenters. The van der Waals surface area contributed by atoms with Gasteiger partial charge >= 0.3 is 19.8 Å². The van der Waals surface area contributed by atoms with Crippen molar-refractivity contribution < 1.29 is 42.1 Å². The number of ether oxygens (including phenoxy) is 2. The Hall–Kier alpha value is -4.89. The molecule has 0 amide bonds. The predicted octanol–water partition coefficient (Wildman–Crippen LogP) is 27.4. The van der Waals surface area contributed by atoms with Gasteiger partial charge in [-0.2, -0.15) is 0 Å². The van der Waals surface area contributed by atoms with Gasteiger partial charge in [-0.15, -0.1) is 0 Å². The molecular formula is C90H151NO8P+. The van der Waals surface area contributed by atoms with Gasteiger partial charge in [0.25, 0.3) is 0 Å². The van der Waals surface area contributed by atoms with Crippen LogP contribution >= 0.6 is 7.82 Å². The van der Waals surface area contributed by atoms with Crippen molar-refractivity contribution in [3.63, 3.8) is 0 Å². The van der Waals surface area contributed by atoms with Gasteiger partial charge in [0, 0.05) is 12.8 Å². The quantitative estimate of drug-likeness (QED) is 0.0211. The Kier molecular flexibility index (Phi) is 74.4. The number of unbranched alkanes of at least 4 members (excludes halogenated alkanes) is 29. The second-order valence-corrected chi connectivity index (χ2v) is 29.2. The Morgan fingerprint density at radius 2 is 0.570 bits per heavy atom. The van der Waals surface area contributed by atoms with Crippen molar-refractivity contribution in [1.29, 1.82) is 0 Å². The molecule has 2 unspecified atom stereocenters. The molecule has 568 valence electrons. The smallest absolute Gasteiger partial charge is 0.462 e. The highest BCUT2D eigenvalue weighted by Gasteiger charge is 2.27. The van der Waals surface area contributed by atoms with Crippen LogP contribution in [0, 0.1) is 0 Å². The minimum Gasteiger partial charge on any atom is -0.462 e. The van der Waals surface area contributed by atoms with Crippen LogP contribution in [-0.2, 0) is 32.7 Å². The fourth-order valence-corrected chi connectivity index (χ4v) is 11.5. The van der Waals surface area contributed by atoms with E-state index in [1.165, 1.54) is 167 Å². The lowest BCUT2D eigenvalue weighted by Crippen LogP contribution is -2.37. The molecule has 0 aliphatic heterocycles. The number of allylic oxidation sites excluding steroid dienone is 30. The third-order valence-corrected chi connectivity index (χ3v) is 17.9. The summed E-state index contributed by atoms with van der Waals surface area (Å²) in [6.45, 7) is 4.26. The number of nitrogens with zero attached hydrogens (tertiary/aromatic N) is 1. The first kappa shape index (κ1) is 95.1. The molecule has 0 aromatic rings. The number of rotatable bonds is 73. The van der Waals surface area contributed by atoms with Gasteiger partial charge in [0.05, 0.1) is 27.7 Å². The normalized spacial score (nSPS) is 14.0. The highest BCUT2D eigenvalue weighted by Crippen LogP contribution is 2.43. The fourth-order valence-electron chi connectivity index (χ4n) is 10.8. The zero-order valence-electron chi connectivity index (χ0n) is 64.9. The monoisotopic (exact) mass is 1410 g/mol. The molecule has 0 aromatic heterocycles. The Balaban J connectivity index is 4.10. The van der Waals surface area contributed by atoms with E-state index in [0.717, 1.165) is 122 Å². The summed E-state index contributed by atoms with van der Waals surface area (Å²) in [7, 11) is 1.43. The summed E-state index contributed by atoms with van der Waals surface area (Å²) in [6, 6.07) is 0. The zero-order valence-corrected chi connectivity index (χ0v) is 65.8. The zero-order chi connectivity index (χ0) is 72.5. The van der Waals surface area contributed by atoms with E-state index in [9.17, 15) is 19.0 Å². The van der Waals surface area contributed by atoms with E-state index in [4.69, 9.17) is 18.5 Å². The Morgan fingerprint density at radius 1 is 0.320 bits per heavy atom. The molecule has 0 aliphatic rings. The standard InChI is InChI=1S/C90H150NO8P/c1-6-8-10-12-14-16-18-20-22-24-26-28-30-32-34-36-38-40-42-44-45-47-49-51-53-55-57-59-61-63-65-67-69-71-73-75-77-79-81-83-90(93)99-88(87-98-100(94,95)97-85-84-91(3,4)5)86-96-89(92)82-80-78-76-74-72-70-68-66-64-62-60-58-56-54-52-50-48-46-43-41-39-37-35-33-31-29-27-25-23-21-19-17-15-13-11-9-7-2/h8,10,14,16,19-22,25-28,31-34,38,40,44-45,49,51,55,57,61,63,67,69,73,75,88H,6-7,9,11-13,15,17-18,23-24,29-30,35-37,39,41-43,46-48,50,52-54,56,58-60,62,64-66,68,70-72,74,76-87H2,1-5H3/p+1/b10-8-,16-14-,21-19-,22-20-,27-25-,28-26-,33-31-,34-32-,40-38-,45-44-,51-49-,57-55-,63-61-,69-67-,75-73-. The number of carbonyl (C=O) groups excluding carboxylic acids is 2. The number of quaternary nitrogens is 1. The first-order valence-electron chi connectivity index (χ1n) is 40.5. The molecule has 0 radical (unpaired) electrons. The van der Waals surface area contributed by atoms with Crippen LogP contribution in [0.1, 0.15) is 322 Å². The molecule has 9 nitrogen and oxygen atoms in total. The third-order valence-electron chi connectivity index (χ3n) is 16.9. The molecule has 0 fully saturated rings. The second kappa shape index (κ2) is 78.3. The molecule has 0 aliphatic carbocycles. The van der Waals surface area contributed by atoms with Crippen LogP contribution < -0.4 is 0 Å². The fraction of sp³-hybridized carbons (Fsp3) is 0.644. The van der Waals surface area contributed by atoms with Crippen LogP contribution in [0.15, 0.2) is 182 Å². The summed E-state index contributed by atoms with van der Waals surface area (Å²) in [6.07, 6.45) is 120. The summed E-state index contributed by atoms with van der Waals surface area (Å²) >= 11 is 0. The van der Waals surface area contributed by atoms with Gasteiger partial charge in [0.15, 0.2) is 6.10 Å². The largest absolute Gasteiger partial charge is 0.472 e. The summed E-state index contributed by atoms with van der Waals surface area (Å²) in [5, 5.41) is 0. The number of esters is 2. The highest BCUT2D eigenvalue weighted by atomic mass is 31.2. The van der Waals surface area contributed by atoms with E-state index in [1.54, 1.807) is 0 Å². The van der Waals surface area contributed by atoms with Crippen molar-refractivity contribution in [1.82, 2.24) is 0 Å². The van der Waals surface area contributed by atoms with Crippen LogP contribution in [0.25, 0.3) is 0 Å². The first-order chi connectivity index (χ1) is 49.0. The van der Waals surface area contributed by atoms with Crippen molar-refractivity contribution in [2.45, 2.75) is 328 Å². The lowest BCUT2D eigenvalue weighted by molar-refractivity contribution is -0.870. The van der Waals surface area contributed by atoms with Crippen LogP contribution in [0.4, 0.5) is 0 Å². The van der Waals surface area contributed by atoms with Gasteiger partial charge in [-0.3, -0.25) is 18.6 Å². The van der Waals surface area contributed by atoms with E-state index in [1.807, 2.05) is 21.1 Å². The molecule has 0 saturated heterocycles. The Bertz CT molecular complexity index is 2350. The molecule has 0 spiro atoms. The second-order valence-electron chi connectivity index (χ2n) is 27.7. The van der Waals surface area contributed by atoms with Crippen LogP contribution in [-0.4, -0.2) is 74.9 Å². The van der Waals surface area contributed by atoms with Gasteiger partial charge in [-0.25, -0.2) is 4.57 Å². The maximum absolute atomic E-state index is 12.9. The first-order valence-corrected chi connectivity index (χ1v) is 42.0. The lowest BCUT2D eigenvalue weighted by Gasteiger charge is -2.24. The number of hydrogen-bond acceptors (Lipinski definition) is 7. The van der Waals surface area contributed by atoms with Crippen LogP contribution in [0.2, 0.25) is 0 Å². The molecule has 1 N–H and O–H groups in total. The molecule has 0 bridgehead atoms. The van der Waals surface area contributed by atoms with Crippen LogP contribution in [0.3, 0.4) is 0 Å².